The minimum Gasteiger partial charge on any atom is -0.462 e. The largest absolute Gasteiger partial charge is 0.462 e. The zero-order valence-electron chi connectivity index (χ0n) is 40.8. The summed E-state index contributed by atoms with van der Waals surface area (Å²) in [5.74, 6) is -0.854. The third-order valence-corrected chi connectivity index (χ3v) is 12.4. The number of ether oxygens (including phenoxy) is 3. The average Bonchev–Trinajstić information content (AvgIpc) is 3.24. The van der Waals surface area contributed by atoms with E-state index >= 15 is 0 Å². The first-order chi connectivity index (χ1) is 29.5. The molecule has 60 heavy (non-hydrogen) atoms. The number of unbranched alkanes of at least 4 members (excludes halogenated alkanes) is 39. The van der Waals surface area contributed by atoms with Crippen LogP contribution in [0.25, 0.3) is 0 Å². The molecule has 356 valence electrons. The summed E-state index contributed by atoms with van der Waals surface area (Å²) in [6.07, 6.45) is 54.2. The van der Waals surface area contributed by atoms with E-state index in [0.717, 1.165) is 64.2 Å². The van der Waals surface area contributed by atoms with E-state index in [-0.39, 0.29) is 31.1 Å². The highest BCUT2D eigenvalue weighted by atomic mass is 16.6. The van der Waals surface area contributed by atoms with Crippen LogP contribution in [0.2, 0.25) is 0 Å². The maximum absolute atomic E-state index is 12.7. The first kappa shape index (κ1) is 58.4. The SMILES string of the molecule is CCCCCCCCCCCCCCCCCCCCCC(=O)OC[C@H](COC(=O)CCCCCCC)OC(=O)CCCCCCCCCCCCCCCCCCCC. The van der Waals surface area contributed by atoms with Crippen molar-refractivity contribution in [2.75, 3.05) is 13.2 Å². The average molecular weight is 849 g/mol. The molecule has 0 bridgehead atoms. The Morgan fingerprint density at radius 1 is 0.267 bits per heavy atom. The van der Waals surface area contributed by atoms with E-state index in [0.29, 0.717) is 19.3 Å². The normalized spacial score (nSPS) is 11.8. The molecule has 0 N–H and O–H groups in total. The van der Waals surface area contributed by atoms with Gasteiger partial charge in [0.2, 0.25) is 0 Å². The van der Waals surface area contributed by atoms with Crippen LogP contribution in [0.4, 0.5) is 0 Å². The Morgan fingerprint density at radius 3 is 0.667 bits per heavy atom. The van der Waals surface area contributed by atoms with Crippen molar-refractivity contribution in [3.05, 3.63) is 0 Å². The summed E-state index contributed by atoms with van der Waals surface area (Å²) in [5.41, 5.74) is 0. The van der Waals surface area contributed by atoms with Gasteiger partial charge in [-0.25, -0.2) is 0 Å². The first-order valence-electron chi connectivity index (χ1n) is 27.0. The van der Waals surface area contributed by atoms with Gasteiger partial charge in [0.1, 0.15) is 13.2 Å². The van der Waals surface area contributed by atoms with E-state index in [1.165, 1.54) is 205 Å². The second kappa shape index (κ2) is 50.1. The van der Waals surface area contributed by atoms with Gasteiger partial charge in [-0.1, -0.05) is 271 Å². The van der Waals surface area contributed by atoms with Gasteiger partial charge >= 0.3 is 17.9 Å². The number of carbonyl (C=O) groups is 3. The van der Waals surface area contributed by atoms with E-state index in [1.54, 1.807) is 0 Å². The number of rotatable bonds is 50. The zero-order valence-corrected chi connectivity index (χ0v) is 40.8. The van der Waals surface area contributed by atoms with E-state index in [2.05, 4.69) is 20.8 Å². The second-order valence-electron chi connectivity index (χ2n) is 18.5. The molecule has 0 fully saturated rings. The van der Waals surface area contributed by atoms with Crippen molar-refractivity contribution in [1.82, 2.24) is 0 Å². The molecule has 0 aromatic carbocycles. The van der Waals surface area contributed by atoms with Gasteiger partial charge in [-0.3, -0.25) is 14.4 Å². The lowest BCUT2D eigenvalue weighted by molar-refractivity contribution is -0.167. The Morgan fingerprint density at radius 2 is 0.450 bits per heavy atom. The standard InChI is InChI=1S/C54H104O6/c1-4-7-10-13-15-17-19-21-23-25-27-29-30-32-34-36-38-41-44-47-53(56)59-50-51(49-58-52(55)46-43-40-12-9-6-3)60-54(57)48-45-42-39-37-35-33-31-28-26-24-22-20-18-16-14-11-8-5-2/h51H,4-50H2,1-3H3/t51-/m0/s1. The maximum Gasteiger partial charge on any atom is 0.306 e. The van der Waals surface area contributed by atoms with Crippen LogP contribution < -0.4 is 0 Å². The highest BCUT2D eigenvalue weighted by molar-refractivity contribution is 5.71. The monoisotopic (exact) mass is 849 g/mol. The quantitative estimate of drug-likeness (QED) is 0.0345. The summed E-state index contributed by atoms with van der Waals surface area (Å²) in [6, 6.07) is 0. The van der Waals surface area contributed by atoms with Crippen molar-refractivity contribution in [2.24, 2.45) is 0 Å². The van der Waals surface area contributed by atoms with Gasteiger partial charge in [-0.2, -0.15) is 0 Å². The molecule has 0 rings (SSSR count). The Labute approximate surface area is 374 Å². The Kier molecular flexibility index (Phi) is 48.7. The molecule has 6 heteroatoms. The molecule has 0 heterocycles. The molecule has 0 aliphatic rings. The number of hydrogen-bond acceptors (Lipinski definition) is 6. The molecule has 0 saturated carbocycles. The van der Waals surface area contributed by atoms with Crippen molar-refractivity contribution >= 4 is 17.9 Å². The lowest BCUT2D eigenvalue weighted by Gasteiger charge is -2.18. The first-order valence-corrected chi connectivity index (χ1v) is 27.0. The molecular weight excluding hydrogens is 745 g/mol. The van der Waals surface area contributed by atoms with Crippen molar-refractivity contribution < 1.29 is 28.6 Å². The van der Waals surface area contributed by atoms with E-state index in [1.807, 2.05) is 0 Å². The molecule has 0 aromatic rings. The zero-order chi connectivity index (χ0) is 43.7. The van der Waals surface area contributed by atoms with Crippen LogP contribution in [-0.4, -0.2) is 37.2 Å². The molecule has 6 nitrogen and oxygen atoms in total. The number of hydrogen-bond donors (Lipinski definition) is 0. The lowest BCUT2D eigenvalue weighted by atomic mass is 10.0. The van der Waals surface area contributed by atoms with Crippen LogP contribution in [0.5, 0.6) is 0 Å². The van der Waals surface area contributed by atoms with Crippen LogP contribution in [0.15, 0.2) is 0 Å². The molecule has 0 saturated heterocycles. The molecule has 0 aliphatic carbocycles. The molecular formula is C54H104O6. The topological polar surface area (TPSA) is 78.9 Å². The fourth-order valence-corrected chi connectivity index (χ4v) is 8.27. The third kappa shape index (κ3) is 47.5. The maximum atomic E-state index is 12.7. The van der Waals surface area contributed by atoms with Crippen LogP contribution in [0.1, 0.15) is 310 Å². The minimum absolute atomic E-state index is 0.0629. The van der Waals surface area contributed by atoms with Crippen molar-refractivity contribution in [2.45, 2.75) is 316 Å². The molecule has 0 aliphatic heterocycles. The van der Waals surface area contributed by atoms with Gasteiger partial charge in [0.05, 0.1) is 0 Å². The van der Waals surface area contributed by atoms with Gasteiger partial charge in [0, 0.05) is 19.3 Å². The number of carbonyl (C=O) groups excluding carboxylic acids is 3. The summed E-state index contributed by atoms with van der Waals surface area (Å²) in [6.45, 7) is 6.61. The van der Waals surface area contributed by atoms with Crippen LogP contribution in [-0.2, 0) is 28.6 Å². The Bertz CT molecular complexity index is 889. The molecule has 0 spiro atoms. The van der Waals surface area contributed by atoms with Crippen LogP contribution in [0.3, 0.4) is 0 Å². The Balaban J connectivity index is 4.06. The second-order valence-corrected chi connectivity index (χ2v) is 18.5. The summed E-state index contributed by atoms with van der Waals surface area (Å²) in [4.78, 5) is 37.7. The predicted octanol–water partition coefficient (Wildman–Crippen LogP) is 17.6. The van der Waals surface area contributed by atoms with Crippen molar-refractivity contribution in [3.8, 4) is 0 Å². The molecule has 0 aromatic heterocycles. The van der Waals surface area contributed by atoms with Gasteiger partial charge < -0.3 is 14.2 Å². The van der Waals surface area contributed by atoms with Crippen LogP contribution >= 0.6 is 0 Å². The van der Waals surface area contributed by atoms with Gasteiger partial charge in [0.25, 0.3) is 0 Å². The molecule has 0 unspecified atom stereocenters. The smallest absolute Gasteiger partial charge is 0.306 e. The Hall–Kier alpha value is -1.59. The van der Waals surface area contributed by atoms with Gasteiger partial charge in [0.15, 0.2) is 6.10 Å². The third-order valence-electron chi connectivity index (χ3n) is 12.4. The van der Waals surface area contributed by atoms with Crippen molar-refractivity contribution in [3.63, 3.8) is 0 Å². The molecule has 0 amide bonds. The summed E-state index contributed by atoms with van der Waals surface area (Å²) >= 11 is 0. The number of esters is 3. The highest BCUT2D eigenvalue weighted by Gasteiger charge is 2.19. The van der Waals surface area contributed by atoms with Gasteiger partial charge in [-0.15, -0.1) is 0 Å². The molecule has 1 atom stereocenters. The van der Waals surface area contributed by atoms with Crippen LogP contribution in [0, 0.1) is 0 Å². The summed E-state index contributed by atoms with van der Waals surface area (Å²) in [7, 11) is 0. The van der Waals surface area contributed by atoms with E-state index < -0.39 is 6.10 Å². The fraction of sp³-hybridized carbons (Fsp3) is 0.944. The lowest BCUT2D eigenvalue weighted by Crippen LogP contribution is -2.30. The summed E-state index contributed by atoms with van der Waals surface area (Å²) < 4.78 is 16.7. The van der Waals surface area contributed by atoms with Gasteiger partial charge in [-0.05, 0) is 19.3 Å². The minimum atomic E-state index is -0.758. The fourth-order valence-electron chi connectivity index (χ4n) is 8.27. The van der Waals surface area contributed by atoms with E-state index in [4.69, 9.17) is 14.2 Å². The van der Waals surface area contributed by atoms with E-state index in [9.17, 15) is 14.4 Å². The van der Waals surface area contributed by atoms with Crippen molar-refractivity contribution in [1.29, 1.82) is 0 Å². The molecule has 0 radical (unpaired) electrons. The summed E-state index contributed by atoms with van der Waals surface area (Å²) in [5, 5.41) is 0. The predicted molar refractivity (Wildman–Crippen MR) is 257 cm³/mol. The highest BCUT2D eigenvalue weighted by Crippen LogP contribution is 2.17.